The van der Waals surface area contributed by atoms with Crippen LogP contribution in [0.5, 0.6) is 5.75 Å². The van der Waals surface area contributed by atoms with Gasteiger partial charge in [-0.05, 0) is 37.1 Å². The Morgan fingerprint density at radius 3 is 2.65 bits per heavy atom. The molecular formula is C22H24N4O4S. The van der Waals surface area contributed by atoms with Crippen molar-refractivity contribution in [3.63, 3.8) is 0 Å². The minimum Gasteiger partial charge on any atom is -0.496 e. The molecule has 1 aromatic heterocycles. The molecular weight excluding hydrogens is 416 g/mol. The van der Waals surface area contributed by atoms with Crippen LogP contribution in [0, 0.1) is 0 Å². The van der Waals surface area contributed by atoms with Crippen molar-refractivity contribution in [1.29, 1.82) is 0 Å². The summed E-state index contributed by atoms with van der Waals surface area (Å²) in [4.78, 5) is 13.2. The fraction of sp³-hybridized carbons (Fsp3) is 0.273. The molecule has 2 N–H and O–H groups in total. The van der Waals surface area contributed by atoms with E-state index in [1.54, 1.807) is 43.5 Å². The highest BCUT2D eigenvalue weighted by Gasteiger charge is 2.37. The number of nitrogens with one attached hydrogen (secondary N) is 2. The summed E-state index contributed by atoms with van der Waals surface area (Å²) in [5, 5.41) is 9.83. The number of rotatable bonds is 6. The molecule has 1 aliphatic heterocycles. The van der Waals surface area contributed by atoms with Crippen molar-refractivity contribution < 1.29 is 17.9 Å². The first-order chi connectivity index (χ1) is 15.0. The molecule has 0 spiro atoms. The largest absolute Gasteiger partial charge is 0.496 e. The number of hydrogen-bond donors (Lipinski definition) is 2. The van der Waals surface area contributed by atoms with Crippen LogP contribution in [-0.2, 0) is 14.8 Å². The number of aromatic nitrogens is 2. The average molecular weight is 441 g/mol. The fourth-order valence-corrected chi connectivity index (χ4v) is 5.46. The molecule has 8 nitrogen and oxygen atoms in total. The summed E-state index contributed by atoms with van der Waals surface area (Å²) in [6.07, 6.45) is 1.96. The van der Waals surface area contributed by atoms with E-state index in [0.29, 0.717) is 30.2 Å². The summed E-state index contributed by atoms with van der Waals surface area (Å²) < 4.78 is 32.9. The molecule has 0 saturated carbocycles. The third-order valence-electron chi connectivity index (χ3n) is 5.33. The van der Waals surface area contributed by atoms with Gasteiger partial charge in [0.1, 0.15) is 11.8 Å². The molecule has 0 aliphatic carbocycles. The normalized spacial score (nSPS) is 17.3. The average Bonchev–Trinajstić information content (AvgIpc) is 3.27. The van der Waals surface area contributed by atoms with Gasteiger partial charge in [0.2, 0.25) is 15.9 Å². The number of anilines is 1. The van der Waals surface area contributed by atoms with E-state index in [1.807, 2.05) is 24.3 Å². The number of methoxy groups -OCH3 is 1. The van der Waals surface area contributed by atoms with Crippen molar-refractivity contribution in [3.05, 3.63) is 60.7 Å². The summed E-state index contributed by atoms with van der Waals surface area (Å²) in [6.45, 7) is 0.308. The number of ether oxygens (including phenoxy) is 1. The van der Waals surface area contributed by atoms with Gasteiger partial charge in [-0.25, -0.2) is 8.42 Å². The first kappa shape index (κ1) is 21.1. The van der Waals surface area contributed by atoms with Gasteiger partial charge in [-0.3, -0.25) is 9.89 Å². The van der Waals surface area contributed by atoms with Crippen molar-refractivity contribution in [2.45, 2.75) is 30.2 Å². The van der Waals surface area contributed by atoms with Crippen molar-refractivity contribution in [3.8, 4) is 17.0 Å². The van der Waals surface area contributed by atoms with E-state index in [1.165, 1.54) is 4.31 Å². The van der Waals surface area contributed by atoms with Crippen LogP contribution in [0.3, 0.4) is 0 Å². The number of aromatic amines is 1. The number of carbonyl (C=O) groups excluding carboxylic acids is 1. The van der Waals surface area contributed by atoms with Gasteiger partial charge in [0, 0.05) is 18.2 Å². The van der Waals surface area contributed by atoms with Gasteiger partial charge in [-0.2, -0.15) is 9.40 Å². The zero-order valence-electron chi connectivity index (χ0n) is 17.1. The third-order valence-corrected chi connectivity index (χ3v) is 7.25. The number of nitrogens with zero attached hydrogens (tertiary/aromatic N) is 2. The summed E-state index contributed by atoms with van der Waals surface area (Å²) >= 11 is 0. The van der Waals surface area contributed by atoms with Crippen LogP contribution in [0.15, 0.2) is 65.6 Å². The Morgan fingerprint density at radius 1 is 1.13 bits per heavy atom. The lowest BCUT2D eigenvalue weighted by Crippen LogP contribution is -2.49. The van der Waals surface area contributed by atoms with E-state index in [0.717, 1.165) is 18.4 Å². The van der Waals surface area contributed by atoms with Crippen molar-refractivity contribution in [1.82, 2.24) is 14.5 Å². The van der Waals surface area contributed by atoms with Crippen LogP contribution in [0.4, 0.5) is 5.82 Å². The van der Waals surface area contributed by atoms with Crippen LogP contribution in [0.1, 0.15) is 19.3 Å². The number of benzene rings is 2. The molecule has 1 amide bonds. The highest BCUT2D eigenvalue weighted by Crippen LogP contribution is 2.30. The number of piperidine rings is 1. The third kappa shape index (κ3) is 4.33. The fourth-order valence-electron chi connectivity index (χ4n) is 3.78. The lowest BCUT2D eigenvalue weighted by molar-refractivity contribution is -0.120. The van der Waals surface area contributed by atoms with Gasteiger partial charge >= 0.3 is 0 Å². The molecule has 1 unspecified atom stereocenters. The molecule has 3 aromatic rings. The van der Waals surface area contributed by atoms with Crippen molar-refractivity contribution >= 4 is 21.7 Å². The highest BCUT2D eigenvalue weighted by molar-refractivity contribution is 7.89. The zero-order valence-corrected chi connectivity index (χ0v) is 17.9. The Labute approximate surface area is 181 Å². The van der Waals surface area contributed by atoms with E-state index in [-0.39, 0.29) is 4.90 Å². The molecule has 2 heterocycles. The Morgan fingerprint density at radius 2 is 1.87 bits per heavy atom. The first-order valence-electron chi connectivity index (χ1n) is 10.1. The maximum absolute atomic E-state index is 13.1. The minimum atomic E-state index is -3.77. The maximum atomic E-state index is 13.1. The van der Waals surface area contributed by atoms with Crippen LogP contribution < -0.4 is 10.1 Å². The van der Waals surface area contributed by atoms with Crippen LogP contribution in [0.2, 0.25) is 0 Å². The zero-order chi connectivity index (χ0) is 21.8. The second-order valence-electron chi connectivity index (χ2n) is 7.30. The Kier molecular flexibility index (Phi) is 6.06. The van der Waals surface area contributed by atoms with E-state index in [2.05, 4.69) is 15.5 Å². The standard InChI is InChI=1S/C22H24N4O4S/c1-30-20-13-6-5-11-17(20)18-15-21(25-24-18)23-22(27)19-12-7-8-14-26(19)31(28,29)16-9-3-2-4-10-16/h2-6,9-11,13,15,19H,7-8,12,14H2,1H3,(H2,23,24,25,27). The second-order valence-corrected chi connectivity index (χ2v) is 9.19. The minimum absolute atomic E-state index is 0.188. The summed E-state index contributed by atoms with van der Waals surface area (Å²) in [7, 11) is -2.18. The van der Waals surface area contributed by atoms with Crippen LogP contribution in [0.25, 0.3) is 11.3 Å². The van der Waals surface area contributed by atoms with Gasteiger partial charge in [0.25, 0.3) is 0 Å². The quantitative estimate of drug-likeness (QED) is 0.612. The molecule has 4 rings (SSSR count). The molecule has 0 bridgehead atoms. The Bertz CT molecular complexity index is 1160. The number of para-hydroxylation sites is 1. The van der Waals surface area contributed by atoms with Crippen LogP contribution in [-0.4, -0.2) is 48.5 Å². The van der Waals surface area contributed by atoms with Gasteiger partial charge in [0.15, 0.2) is 5.82 Å². The predicted molar refractivity (Wildman–Crippen MR) is 117 cm³/mol. The summed E-state index contributed by atoms with van der Waals surface area (Å²) in [5.41, 5.74) is 1.49. The molecule has 1 aliphatic rings. The molecule has 0 radical (unpaired) electrons. The van der Waals surface area contributed by atoms with Crippen molar-refractivity contribution in [2.24, 2.45) is 0 Å². The summed E-state index contributed by atoms with van der Waals surface area (Å²) in [6, 6.07) is 16.6. The lowest BCUT2D eigenvalue weighted by atomic mass is 10.0. The molecule has 1 atom stereocenters. The Balaban J connectivity index is 1.54. The van der Waals surface area contributed by atoms with Gasteiger partial charge < -0.3 is 10.1 Å². The number of sulfonamides is 1. The number of carbonyl (C=O) groups is 1. The maximum Gasteiger partial charge on any atom is 0.244 e. The van der Waals surface area contributed by atoms with E-state index >= 15 is 0 Å². The number of amides is 1. The van der Waals surface area contributed by atoms with Crippen LogP contribution >= 0.6 is 0 Å². The molecule has 2 aromatic carbocycles. The number of H-pyrrole nitrogens is 1. The lowest BCUT2D eigenvalue weighted by Gasteiger charge is -2.33. The van der Waals surface area contributed by atoms with Crippen molar-refractivity contribution in [2.75, 3.05) is 19.0 Å². The second kappa shape index (κ2) is 8.91. The molecule has 31 heavy (non-hydrogen) atoms. The smallest absolute Gasteiger partial charge is 0.244 e. The highest BCUT2D eigenvalue weighted by atomic mass is 32.2. The first-order valence-corrected chi connectivity index (χ1v) is 11.5. The Hall–Kier alpha value is -3.17. The van der Waals surface area contributed by atoms with E-state index in [4.69, 9.17) is 4.74 Å². The van der Waals surface area contributed by atoms with Gasteiger partial charge in [-0.1, -0.05) is 36.8 Å². The van der Waals surface area contributed by atoms with Gasteiger partial charge in [-0.15, -0.1) is 0 Å². The SMILES string of the molecule is COc1ccccc1-c1cc(NC(=O)C2CCCCN2S(=O)(=O)c2ccccc2)n[nH]1. The van der Waals surface area contributed by atoms with Gasteiger partial charge in [0.05, 0.1) is 17.7 Å². The molecule has 9 heteroatoms. The van der Waals surface area contributed by atoms with E-state index < -0.39 is 22.0 Å². The number of hydrogen-bond acceptors (Lipinski definition) is 5. The topological polar surface area (TPSA) is 104 Å². The predicted octanol–water partition coefficient (Wildman–Crippen LogP) is 3.27. The molecule has 1 fully saturated rings. The summed E-state index contributed by atoms with van der Waals surface area (Å²) in [5.74, 6) is 0.613. The molecule has 1 saturated heterocycles. The molecule has 162 valence electrons. The monoisotopic (exact) mass is 440 g/mol. The van der Waals surface area contributed by atoms with E-state index in [9.17, 15) is 13.2 Å².